The summed E-state index contributed by atoms with van der Waals surface area (Å²) in [5, 5.41) is 8.23. The quantitative estimate of drug-likeness (QED) is 0.812. The van der Waals surface area contributed by atoms with Crippen molar-refractivity contribution in [1.82, 2.24) is 19.9 Å². The van der Waals surface area contributed by atoms with Gasteiger partial charge < -0.3 is 5.73 Å². The monoisotopic (exact) mass is 223 g/mol. The maximum absolute atomic E-state index is 5.48. The third kappa shape index (κ3) is 3.28. The summed E-state index contributed by atoms with van der Waals surface area (Å²) < 4.78 is 1.83. The zero-order valence-electron chi connectivity index (χ0n) is 9.81. The summed E-state index contributed by atoms with van der Waals surface area (Å²) in [6, 6.07) is 0. The first-order valence-electron chi connectivity index (χ1n) is 6.20. The third-order valence-corrected chi connectivity index (χ3v) is 3.03. The Labute approximate surface area is 96.6 Å². The van der Waals surface area contributed by atoms with Gasteiger partial charge in [-0.05, 0) is 25.9 Å². The molecule has 0 saturated carbocycles. The van der Waals surface area contributed by atoms with Crippen LogP contribution in [0.25, 0.3) is 0 Å². The predicted octanol–water partition coefficient (Wildman–Crippen LogP) is 0.613. The van der Waals surface area contributed by atoms with E-state index in [9.17, 15) is 0 Å². The Balaban J connectivity index is 1.86. The highest BCUT2D eigenvalue weighted by atomic mass is 15.4. The molecule has 0 aromatic carbocycles. The van der Waals surface area contributed by atoms with Crippen molar-refractivity contribution in [1.29, 1.82) is 0 Å². The van der Waals surface area contributed by atoms with Gasteiger partial charge in [0.1, 0.15) is 0 Å². The van der Waals surface area contributed by atoms with Gasteiger partial charge >= 0.3 is 0 Å². The fourth-order valence-electron chi connectivity index (χ4n) is 2.18. The van der Waals surface area contributed by atoms with Gasteiger partial charge in [-0.3, -0.25) is 9.58 Å². The lowest BCUT2D eigenvalue weighted by molar-refractivity contribution is 0.273. The van der Waals surface area contributed by atoms with E-state index in [0.29, 0.717) is 6.54 Å². The van der Waals surface area contributed by atoms with Crippen molar-refractivity contribution in [2.75, 3.05) is 19.6 Å². The summed E-state index contributed by atoms with van der Waals surface area (Å²) in [5.41, 5.74) is 6.54. The van der Waals surface area contributed by atoms with Crippen LogP contribution < -0.4 is 5.73 Å². The number of rotatable bonds is 4. The number of nitrogens with two attached hydrogens (primary N) is 1. The molecule has 90 valence electrons. The Morgan fingerprint density at radius 3 is 2.62 bits per heavy atom. The summed E-state index contributed by atoms with van der Waals surface area (Å²) in [5.74, 6) is 0. The van der Waals surface area contributed by atoms with E-state index in [-0.39, 0.29) is 0 Å². The first-order chi connectivity index (χ1) is 7.88. The smallest absolute Gasteiger partial charge is 0.0967 e. The zero-order valence-corrected chi connectivity index (χ0v) is 9.81. The van der Waals surface area contributed by atoms with E-state index in [4.69, 9.17) is 5.73 Å². The summed E-state index contributed by atoms with van der Waals surface area (Å²) in [6.07, 6.45) is 7.39. The molecule has 0 aliphatic carbocycles. The molecule has 1 aliphatic heterocycles. The lowest BCUT2D eigenvalue weighted by Gasteiger charge is -2.17. The van der Waals surface area contributed by atoms with E-state index in [2.05, 4.69) is 15.2 Å². The summed E-state index contributed by atoms with van der Waals surface area (Å²) >= 11 is 0. The van der Waals surface area contributed by atoms with Crippen molar-refractivity contribution < 1.29 is 0 Å². The van der Waals surface area contributed by atoms with Gasteiger partial charge in [-0.1, -0.05) is 18.1 Å². The second-order valence-electron chi connectivity index (χ2n) is 4.45. The highest BCUT2D eigenvalue weighted by Gasteiger charge is 2.11. The van der Waals surface area contributed by atoms with Crippen molar-refractivity contribution in [3.05, 3.63) is 11.9 Å². The van der Waals surface area contributed by atoms with E-state index in [1.807, 2.05) is 10.9 Å². The van der Waals surface area contributed by atoms with Crippen molar-refractivity contribution in [3.63, 3.8) is 0 Å². The van der Waals surface area contributed by atoms with Crippen LogP contribution in [0.3, 0.4) is 0 Å². The molecule has 1 aromatic heterocycles. The van der Waals surface area contributed by atoms with Crippen LogP contribution >= 0.6 is 0 Å². The second kappa shape index (κ2) is 5.96. The summed E-state index contributed by atoms with van der Waals surface area (Å²) in [6.45, 7) is 4.71. The van der Waals surface area contributed by atoms with Gasteiger partial charge in [0.25, 0.3) is 0 Å². The van der Waals surface area contributed by atoms with Crippen molar-refractivity contribution in [2.24, 2.45) is 5.73 Å². The fraction of sp³-hybridized carbons (Fsp3) is 0.818. The van der Waals surface area contributed by atoms with Gasteiger partial charge in [-0.15, -0.1) is 5.10 Å². The highest BCUT2D eigenvalue weighted by Crippen LogP contribution is 2.11. The SMILES string of the molecule is NCCn1cc(CN2CCCCCC2)nn1. The lowest BCUT2D eigenvalue weighted by Crippen LogP contribution is -2.24. The van der Waals surface area contributed by atoms with Crippen LogP contribution in [0.2, 0.25) is 0 Å². The Morgan fingerprint density at radius 1 is 1.19 bits per heavy atom. The molecule has 2 rings (SSSR count). The van der Waals surface area contributed by atoms with E-state index in [1.165, 1.54) is 38.8 Å². The Morgan fingerprint density at radius 2 is 1.94 bits per heavy atom. The molecular formula is C11H21N5. The molecule has 1 aliphatic rings. The van der Waals surface area contributed by atoms with Gasteiger partial charge in [0.2, 0.25) is 0 Å². The van der Waals surface area contributed by atoms with E-state index >= 15 is 0 Å². The molecule has 0 unspecified atom stereocenters. The van der Waals surface area contributed by atoms with Gasteiger partial charge in [-0.2, -0.15) is 0 Å². The number of aromatic nitrogens is 3. The molecular weight excluding hydrogens is 202 g/mol. The highest BCUT2D eigenvalue weighted by molar-refractivity contribution is 4.92. The van der Waals surface area contributed by atoms with Gasteiger partial charge in [-0.25, -0.2) is 0 Å². The molecule has 1 fully saturated rings. The lowest BCUT2D eigenvalue weighted by atomic mass is 10.2. The minimum absolute atomic E-state index is 0.618. The average molecular weight is 223 g/mol. The Hall–Kier alpha value is -0.940. The van der Waals surface area contributed by atoms with E-state index in [0.717, 1.165) is 18.8 Å². The molecule has 0 amide bonds. The summed E-state index contributed by atoms with van der Waals surface area (Å²) in [7, 11) is 0. The normalized spacial score (nSPS) is 18.6. The van der Waals surface area contributed by atoms with Crippen LogP contribution in [0.5, 0.6) is 0 Å². The number of hydrogen-bond donors (Lipinski definition) is 1. The maximum Gasteiger partial charge on any atom is 0.0967 e. The molecule has 5 heteroatoms. The van der Waals surface area contributed by atoms with Crippen LogP contribution in [0.15, 0.2) is 6.20 Å². The molecule has 0 radical (unpaired) electrons. The molecule has 0 spiro atoms. The molecule has 5 nitrogen and oxygen atoms in total. The zero-order chi connectivity index (χ0) is 11.2. The Kier molecular flexibility index (Phi) is 4.30. The molecule has 16 heavy (non-hydrogen) atoms. The maximum atomic E-state index is 5.48. The molecule has 0 bridgehead atoms. The standard InChI is InChI=1S/C11H21N5/c12-5-8-16-10-11(13-14-16)9-15-6-3-1-2-4-7-15/h10H,1-9,12H2. The first-order valence-corrected chi connectivity index (χ1v) is 6.20. The number of hydrogen-bond acceptors (Lipinski definition) is 4. The van der Waals surface area contributed by atoms with E-state index in [1.54, 1.807) is 0 Å². The van der Waals surface area contributed by atoms with Gasteiger partial charge in [0, 0.05) is 19.3 Å². The minimum Gasteiger partial charge on any atom is -0.329 e. The van der Waals surface area contributed by atoms with E-state index < -0.39 is 0 Å². The Bertz CT molecular complexity index is 301. The van der Waals surface area contributed by atoms with Gasteiger partial charge in [0.15, 0.2) is 0 Å². The second-order valence-corrected chi connectivity index (χ2v) is 4.45. The van der Waals surface area contributed by atoms with Crippen LogP contribution in [0, 0.1) is 0 Å². The number of nitrogens with zero attached hydrogens (tertiary/aromatic N) is 4. The number of likely N-dealkylation sites (tertiary alicyclic amines) is 1. The van der Waals surface area contributed by atoms with Crippen molar-refractivity contribution >= 4 is 0 Å². The molecule has 2 heterocycles. The van der Waals surface area contributed by atoms with Gasteiger partial charge in [0.05, 0.1) is 12.2 Å². The molecule has 1 aromatic rings. The fourth-order valence-corrected chi connectivity index (χ4v) is 2.18. The van der Waals surface area contributed by atoms with Crippen LogP contribution in [0.4, 0.5) is 0 Å². The first kappa shape index (κ1) is 11.5. The van der Waals surface area contributed by atoms with Crippen molar-refractivity contribution in [2.45, 2.75) is 38.8 Å². The van der Waals surface area contributed by atoms with Crippen LogP contribution in [-0.4, -0.2) is 39.5 Å². The largest absolute Gasteiger partial charge is 0.329 e. The molecule has 1 saturated heterocycles. The van der Waals surface area contributed by atoms with Crippen LogP contribution in [0.1, 0.15) is 31.4 Å². The molecule has 0 atom stereocenters. The predicted molar refractivity (Wildman–Crippen MR) is 62.8 cm³/mol. The van der Waals surface area contributed by atoms with Crippen molar-refractivity contribution in [3.8, 4) is 0 Å². The molecule has 2 N–H and O–H groups in total. The van der Waals surface area contributed by atoms with Crippen LogP contribution in [-0.2, 0) is 13.1 Å². The third-order valence-electron chi connectivity index (χ3n) is 3.03. The summed E-state index contributed by atoms with van der Waals surface area (Å²) in [4.78, 5) is 2.48. The average Bonchev–Trinajstić information content (AvgIpc) is 2.56. The topological polar surface area (TPSA) is 60.0 Å². The minimum atomic E-state index is 0.618.